The zero-order chi connectivity index (χ0) is 27.7. The van der Waals surface area contributed by atoms with Crippen LogP contribution < -0.4 is 18.9 Å². The zero-order valence-corrected chi connectivity index (χ0v) is 24.7. The van der Waals surface area contributed by atoms with Crippen molar-refractivity contribution >= 4 is 80.7 Å². The van der Waals surface area contributed by atoms with Gasteiger partial charge in [0.1, 0.15) is 0 Å². The summed E-state index contributed by atoms with van der Waals surface area (Å²) in [5, 5.41) is 0.444. The molecule has 0 atom stereocenters. The number of rotatable bonds is 7. The molecule has 0 saturated carbocycles. The molecule has 8 nitrogen and oxygen atoms in total. The molecule has 2 aliphatic rings. The minimum absolute atomic E-state index is 0.0151. The first-order chi connectivity index (χ1) is 18.7. The highest BCUT2D eigenvalue weighted by Gasteiger charge is 2.36. The van der Waals surface area contributed by atoms with E-state index >= 15 is 0 Å². The lowest BCUT2D eigenvalue weighted by atomic mass is 10.1. The molecule has 0 aliphatic carbocycles. The van der Waals surface area contributed by atoms with Crippen molar-refractivity contribution in [2.45, 2.75) is 13.5 Å². The Labute approximate surface area is 251 Å². The third kappa shape index (κ3) is 5.98. The van der Waals surface area contributed by atoms with E-state index in [1.807, 2.05) is 22.6 Å². The molecule has 0 unspecified atom stereocenters. The Hall–Kier alpha value is -2.93. The topological polar surface area (TPSA) is 91.4 Å². The maximum absolute atomic E-state index is 13.2. The summed E-state index contributed by atoms with van der Waals surface area (Å²) in [5.74, 6) is 0.572. The van der Waals surface area contributed by atoms with Gasteiger partial charge >= 0.3 is 5.97 Å². The lowest BCUT2D eigenvalue weighted by Gasteiger charge is -2.14. The number of thioether (sulfide) groups is 1. The number of amides is 2. The Bertz CT molecular complexity index is 1530. The molecule has 1 saturated heterocycles. The SMILES string of the molecule is CCOc1cc(/C=C2\SC(=O)N(Cc3cc4c(cc3Cl)OCO4)C2=O)cc(I)c1OC(=O)c1ccc(Cl)cc1. The van der Waals surface area contributed by atoms with Crippen LogP contribution in [0.1, 0.15) is 28.4 Å². The molecular formula is C27H18Cl2INO7S. The number of esters is 1. The van der Waals surface area contributed by atoms with Crippen molar-refractivity contribution in [3.05, 3.63) is 83.7 Å². The summed E-state index contributed by atoms with van der Waals surface area (Å²) in [5.41, 5.74) is 1.49. The lowest BCUT2D eigenvalue weighted by molar-refractivity contribution is -0.123. The highest BCUT2D eigenvalue weighted by molar-refractivity contribution is 14.1. The third-order valence-corrected chi connectivity index (χ3v) is 7.96. The van der Waals surface area contributed by atoms with Gasteiger partial charge in [-0.25, -0.2) is 4.79 Å². The number of imide groups is 1. The fraction of sp³-hybridized carbons (Fsp3) is 0.148. The summed E-state index contributed by atoms with van der Waals surface area (Å²) in [6.07, 6.45) is 1.60. The van der Waals surface area contributed by atoms with E-state index in [9.17, 15) is 14.4 Å². The molecule has 1 fully saturated rings. The lowest BCUT2D eigenvalue weighted by Crippen LogP contribution is -2.27. The quantitative estimate of drug-likeness (QED) is 0.111. The number of benzene rings is 3. The fourth-order valence-electron chi connectivity index (χ4n) is 3.81. The molecule has 0 radical (unpaired) electrons. The van der Waals surface area contributed by atoms with Crippen LogP contribution in [0.25, 0.3) is 6.08 Å². The number of fused-ring (bicyclic) bond motifs is 1. The molecule has 0 spiro atoms. The van der Waals surface area contributed by atoms with Crippen molar-refractivity contribution in [1.82, 2.24) is 4.90 Å². The Kier molecular flexibility index (Phi) is 8.27. The molecule has 0 aromatic heterocycles. The number of carbonyl (C=O) groups excluding carboxylic acids is 3. The van der Waals surface area contributed by atoms with Crippen LogP contribution in [0.3, 0.4) is 0 Å². The third-order valence-electron chi connectivity index (χ3n) is 5.65. The van der Waals surface area contributed by atoms with Gasteiger partial charge in [-0.1, -0.05) is 23.2 Å². The molecule has 0 bridgehead atoms. The first-order valence-electron chi connectivity index (χ1n) is 11.5. The van der Waals surface area contributed by atoms with Crippen molar-refractivity contribution < 1.29 is 33.3 Å². The maximum atomic E-state index is 13.2. The van der Waals surface area contributed by atoms with E-state index in [1.54, 1.807) is 61.5 Å². The minimum Gasteiger partial charge on any atom is -0.490 e. The second-order valence-electron chi connectivity index (χ2n) is 8.22. The van der Waals surface area contributed by atoms with Crippen molar-refractivity contribution in [2.75, 3.05) is 13.4 Å². The summed E-state index contributed by atoms with van der Waals surface area (Å²) in [6.45, 7) is 2.19. The van der Waals surface area contributed by atoms with Crippen LogP contribution in [0.4, 0.5) is 4.79 Å². The van der Waals surface area contributed by atoms with E-state index in [0.717, 1.165) is 16.7 Å². The van der Waals surface area contributed by atoms with Crippen molar-refractivity contribution in [1.29, 1.82) is 0 Å². The number of carbonyl (C=O) groups is 3. The van der Waals surface area contributed by atoms with Gasteiger partial charge in [0.05, 0.1) is 27.2 Å². The van der Waals surface area contributed by atoms with Gasteiger partial charge in [-0.05, 0) is 101 Å². The largest absolute Gasteiger partial charge is 0.490 e. The number of hydrogen-bond acceptors (Lipinski definition) is 8. The zero-order valence-electron chi connectivity index (χ0n) is 20.2. The Morgan fingerprint density at radius 1 is 1.10 bits per heavy atom. The van der Waals surface area contributed by atoms with Crippen LogP contribution in [-0.4, -0.2) is 35.4 Å². The maximum Gasteiger partial charge on any atom is 0.343 e. The molecule has 2 amide bonds. The summed E-state index contributed by atoms with van der Waals surface area (Å²) >= 11 is 15.1. The summed E-state index contributed by atoms with van der Waals surface area (Å²) in [4.78, 5) is 40.0. The van der Waals surface area contributed by atoms with E-state index in [1.165, 1.54) is 0 Å². The highest BCUT2D eigenvalue weighted by Crippen LogP contribution is 2.41. The summed E-state index contributed by atoms with van der Waals surface area (Å²) in [7, 11) is 0. The Morgan fingerprint density at radius 2 is 1.82 bits per heavy atom. The highest BCUT2D eigenvalue weighted by atomic mass is 127. The smallest absolute Gasteiger partial charge is 0.343 e. The van der Waals surface area contributed by atoms with E-state index in [-0.39, 0.29) is 24.0 Å². The summed E-state index contributed by atoms with van der Waals surface area (Å²) in [6, 6.07) is 13.0. The van der Waals surface area contributed by atoms with Crippen LogP contribution in [0.2, 0.25) is 10.0 Å². The minimum atomic E-state index is -0.568. The van der Waals surface area contributed by atoms with Crippen LogP contribution in [-0.2, 0) is 11.3 Å². The van der Waals surface area contributed by atoms with Gasteiger partial charge in [-0.3, -0.25) is 14.5 Å². The number of halogens is 3. The van der Waals surface area contributed by atoms with Crippen LogP contribution in [0.15, 0.2) is 53.4 Å². The number of hydrogen-bond donors (Lipinski definition) is 0. The monoisotopic (exact) mass is 697 g/mol. The van der Waals surface area contributed by atoms with E-state index < -0.39 is 17.1 Å². The number of nitrogens with zero attached hydrogens (tertiary/aromatic N) is 1. The normalized spacial score (nSPS) is 15.3. The van der Waals surface area contributed by atoms with Crippen LogP contribution >= 0.6 is 57.6 Å². The van der Waals surface area contributed by atoms with Gasteiger partial charge in [0.15, 0.2) is 23.0 Å². The van der Waals surface area contributed by atoms with E-state index in [4.69, 9.17) is 42.1 Å². The van der Waals surface area contributed by atoms with Gasteiger partial charge in [0, 0.05) is 16.1 Å². The van der Waals surface area contributed by atoms with E-state index in [2.05, 4.69) is 0 Å². The molecule has 0 N–H and O–H groups in total. The molecule has 3 aromatic rings. The molecular weight excluding hydrogens is 680 g/mol. The average molecular weight is 698 g/mol. The second-order valence-corrected chi connectivity index (χ2v) is 11.2. The van der Waals surface area contributed by atoms with Crippen LogP contribution in [0, 0.1) is 3.57 Å². The van der Waals surface area contributed by atoms with Gasteiger partial charge in [-0.2, -0.15) is 0 Å². The molecule has 2 aliphatic heterocycles. The van der Waals surface area contributed by atoms with Gasteiger partial charge < -0.3 is 18.9 Å². The predicted molar refractivity (Wildman–Crippen MR) is 156 cm³/mol. The summed E-state index contributed by atoms with van der Waals surface area (Å²) < 4.78 is 22.7. The molecule has 200 valence electrons. The number of ether oxygens (including phenoxy) is 4. The van der Waals surface area contributed by atoms with Crippen LogP contribution in [0.5, 0.6) is 23.0 Å². The standard InChI is InChI=1S/C27H18Cl2INO7S/c1-2-35-22-8-14(7-19(30)24(22)38-26(33)15-3-5-17(28)6-4-15)9-23-25(32)31(27(34)39-23)12-16-10-20-21(11-18(16)29)37-13-36-20/h3-11H,2,12-13H2,1H3/b23-9-. The van der Waals surface area contributed by atoms with Crippen molar-refractivity contribution in [3.63, 3.8) is 0 Å². The predicted octanol–water partition coefficient (Wildman–Crippen LogP) is 7.18. The molecule has 39 heavy (non-hydrogen) atoms. The Morgan fingerprint density at radius 3 is 2.54 bits per heavy atom. The van der Waals surface area contributed by atoms with Crippen molar-refractivity contribution in [3.8, 4) is 23.0 Å². The van der Waals surface area contributed by atoms with Gasteiger partial charge in [0.25, 0.3) is 11.1 Å². The van der Waals surface area contributed by atoms with E-state index in [0.29, 0.717) is 54.2 Å². The average Bonchev–Trinajstić information content (AvgIpc) is 3.45. The van der Waals surface area contributed by atoms with Gasteiger partial charge in [-0.15, -0.1) is 0 Å². The first kappa shape index (κ1) is 27.6. The second kappa shape index (κ2) is 11.7. The first-order valence-corrected chi connectivity index (χ1v) is 14.2. The molecule has 3 aromatic carbocycles. The Balaban J connectivity index is 1.38. The molecule has 2 heterocycles. The molecule has 12 heteroatoms. The molecule has 5 rings (SSSR count). The van der Waals surface area contributed by atoms with Crippen molar-refractivity contribution in [2.24, 2.45) is 0 Å². The fourth-order valence-corrected chi connectivity index (χ4v) is 5.72. The van der Waals surface area contributed by atoms with Gasteiger partial charge in [0.2, 0.25) is 6.79 Å².